The van der Waals surface area contributed by atoms with Crippen LogP contribution in [0.3, 0.4) is 0 Å². The Bertz CT molecular complexity index is 857. The monoisotopic (exact) mass is 452 g/mol. The van der Waals surface area contributed by atoms with E-state index in [4.69, 9.17) is 0 Å². The minimum atomic E-state index is 0. The van der Waals surface area contributed by atoms with Crippen LogP contribution in [0.15, 0.2) is 72.8 Å². The van der Waals surface area contributed by atoms with Crippen LogP contribution in [0.1, 0.15) is 72.9 Å². The molecule has 3 aromatic rings. The Morgan fingerprint density at radius 3 is 1.19 bits per heavy atom. The van der Waals surface area contributed by atoms with Crippen LogP contribution in [0.4, 0.5) is 0 Å². The minimum absolute atomic E-state index is 0. The smallest absolute Gasteiger partial charge is 0.192 e. The van der Waals surface area contributed by atoms with E-state index < -0.39 is 0 Å². The molecule has 170 valence electrons. The van der Waals surface area contributed by atoms with Crippen molar-refractivity contribution in [2.75, 3.05) is 0 Å². The average Bonchev–Trinajstić information content (AvgIpc) is 2.81. The first-order chi connectivity index (χ1) is 15.5. The summed E-state index contributed by atoms with van der Waals surface area (Å²) in [7, 11) is 0. The van der Waals surface area contributed by atoms with Gasteiger partial charge in [0, 0.05) is 0 Å². The molecule has 0 heterocycles. The van der Waals surface area contributed by atoms with Crippen LogP contribution in [0, 0.1) is 38.5 Å². The number of rotatable bonds is 12. The third kappa shape index (κ3) is 14.1. The number of aryl methyl sites for hydroxylation is 4. The summed E-state index contributed by atoms with van der Waals surface area (Å²) in [5.74, 6) is 1.40. The number of hydrogen-bond acceptors (Lipinski definition) is 0. The molecule has 0 radical (unpaired) electrons. The zero-order valence-electron chi connectivity index (χ0n) is 24.5. The maximum absolute atomic E-state index is 2.39. The van der Waals surface area contributed by atoms with Crippen molar-refractivity contribution in [1.82, 2.24) is 0 Å². The zero-order valence-corrected chi connectivity index (χ0v) is 24.5. The molecule has 4 heteroatoms. The third-order valence-electron chi connectivity index (χ3n) is 6.60. The topological polar surface area (TPSA) is 0 Å². The first kappa shape index (κ1) is 37.9. The summed E-state index contributed by atoms with van der Waals surface area (Å²) in [6.07, 6.45) is 11.9. The molecule has 2 unspecified atom stereocenters. The van der Waals surface area contributed by atoms with Crippen LogP contribution in [0.2, 0.25) is 0 Å². The number of benzene rings is 3. The van der Waals surface area contributed by atoms with Crippen molar-refractivity contribution < 1.29 is 75.4 Å². The molecule has 0 saturated heterocycles. The van der Waals surface area contributed by atoms with Crippen molar-refractivity contribution in [3.63, 3.8) is 0 Å². The van der Waals surface area contributed by atoms with E-state index in [2.05, 4.69) is 113 Å². The second-order valence-electron chi connectivity index (χ2n) is 9.76. The minimum Gasteiger partial charge on any atom is -0.192 e. The second kappa shape index (κ2) is 20.7. The zero-order chi connectivity index (χ0) is 22.8. The Morgan fingerprint density at radius 2 is 0.861 bits per heavy atom. The van der Waals surface area contributed by atoms with Crippen molar-refractivity contribution in [1.29, 1.82) is 0 Å². The molecule has 3 aromatic carbocycles. The number of hydrogen-bond donors (Lipinski definition) is 0. The predicted molar refractivity (Wildman–Crippen MR) is 140 cm³/mol. The van der Waals surface area contributed by atoms with Crippen LogP contribution in [-0.2, 0) is 12.8 Å². The maximum Gasteiger partial charge on any atom is 1.00 e. The fourth-order valence-corrected chi connectivity index (χ4v) is 4.16. The van der Waals surface area contributed by atoms with E-state index in [1.54, 1.807) is 11.1 Å². The first-order valence-corrected chi connectivity index (χ1v) is 12.4. The van der Waals surface area contributed by atoms with E-state index in [0.717, 1.165) is 12.8 Å². The Morgan fingerprint density at radius 1 is 0.528 bits per heavy atom. The van der Waals surface area contributed by atoms with E-state index >= 15 is 0 Å². The molecule has 0 aromatic heterocycles. The van der Waals surface area contributed by atoms with Crippen molar-refractivity contribution in [3.05, 3.63) is 119 Å². The molecule has 0 fully saturated rings. The van der Waals surface area contributed by atoms with Gasteiger partial charge in [0.2, 0.25) is 0 Å². The molecule has 2 atom stereocenters. The van der Waals surface area contributed by atoms with E-state index in [1.807, 2.05) is 0 Å². The SMILES string of the molecule is Cc1ccc([CH-]CC(C)CCc2ccccc2CCC(C)C[CH-]c2ccc(C)cc2)cc1.[Li+].[Li+].[Li+].[Li+]. The van der Waals surface area contributed by atoms with Crippen LogP contribution in [-0.4, -0.2) is 0 Å². The van der Waals surface area contributed by atoms with Gasteiger partial charge in [-0.3, -0.25) is 0 Å². The van der Waals surface area contributed by atoms with Crippen molar-refractivity contribution in [2.45, 2.75) is 66.2 Å². The summed E-state index contributed by atoms with van der Waals surface area (Å²) in [6, 6.07) is 26.8. The first-order valence-electron chi connectivity index (χ1n) is 12.4. The quantitative estimate of drug-likeness (QED) is 0.200. The van der Waals surface area contributed by atoms with Gasteiger partial charge >= 0.3 is 75.4 Å². The molecule has 0 saturated carbocycles. The standard InChI is InChI=1S/C32H40.4Li/c1-25-9-17-29(18-10-25)21-13-27(3)15-23-31-7-5-6-8-32(31)24-16-28(4)14-22-30-19-11-26(2)12-20-30;;;;/h5-12,17-22,27-28H,13-16,23-24H2,1-4H3;;;;/q-2;4*+1. The van der Waals surface area contributed by atoms with E-state index in [0.29, 0.717) is 11.8 Å². The molecule has 0 aliphatic rings. The van der Waals surface area contributed by atoms with Gasteiger partial charge in [0.05, 0.1) is 0 Å². The average molecular weight is 452 g/mol. The van der Waals surface area contributed by atoms with Gasteiger partial charge in [-0.15, -0.1) is 24.3 Å². The molecule has 0 amide bonds. The molecular weight excluding hydrogens is 412 g/mol. The fraction of sp³-hybridized carbons (Fsp3) is 0.375. The summed E-state index contributed by atoms with van der Waals surface area (Å²) in [5.41, 5.74) is 8.44. The summed E-state index contributed by atoms with van der Waals surface area (Å²) >= 11 is 0. The summed E-state index contributed by atoms with van der Waals surface area (Å²) in [6.45, 7) is 9.06. The molecule has 36 heavy (non-hydrogen) atoms. The molecule has 0 bridgehead atoms. The van der Waals surface area contributed by atoms with E-state index in [-0.39, 0.29) is 75.4 Å². The van der Waals surface area contributed by atoms with Gasteiger partial charge in [-0.05, 0) is 50.7 Å². The van der Waals surface area contributed by atoms with Crippen molar-refractivity contribution >= 4 is 0 Å². The normalized spacial score (nSPS) is 11.4. The largest absolute Gasteiger partial charge is 1.00 e. The Kier molecular flexibility index (Phi) is 21.8. The van der Waals surface area contributed by atoms with E-state index in [1.165, 1.54) is 47.9 Å². The molecule has 0 nitrogen and oxygen atoms in total. The van der Waals surface area contributed by atoms with Crippen LogP contribution in [0.25, 0.3) is 0 Å². The Balaban J connectivity index is 0. The van der Waals surface area contributed by atoms with Gasteiger partial charge in [0.15, 0.2) is 0 Å². The van der Waals surface area contributed by atoms with Gasteiger partial charge in [0.25, 0.3) is 0 Å². The predicted octanol–water partition coefficient (Wildman–Crippen LogP) is -3.26. The molecule has 0 aliphatic carbocycles. The van der Waals surface area contributed by atoms with Crippen molar-refractivity contribution in [2.24, 2.45) is 11.8 Å². The van der Waals surface area contributed by atoms with Crippen molar-refractivity contribution in [3.8, 4) is 0 Å². The van der Waals surface area contributed by atoms with Crippen LogP contribution >= 0.6 is 0 Å². The molecule has 3 rings (SSSR count). The fourth-order valence-electron chi connectivity index (χ4n) is 4.16. The summed E-state index contributed by atoms with van der Waals surface area (Å²) in [4.78, 5) is 0. The van der Waals surface area contributed by atoms with Gasteiger partial charge in [-0.2, -0.15) is 48.2 Å². The second-order valence-corrected chi connectivity index (χ2v) is 9.76. The van der Waals surface area contributed by atoms with Gasteiger partial charge in [-0.1, -0.05) is 73.9 Å². The molecular formula is C32H40Li4+2. The van der Waals surface area contributed by atoms with Gasteiger partial charge in [-0.25, -0.2) is 0 Å². The van der Waals surface area contributed by atoms with Gasteiger partial charge in [0.1, 0.15) is 0 Å². The molecule has 0 aliphatic heterocycles. The third-order valence-corrected chi connectivity index (χ3v) is 6.60. The summed E-state index contributed by atoms with van der Waals surface area (Å²) < 4.78 is 0. The van der Waals surface area contributed by atoms with Crippen LogP contribution in [0.5, 0.6) is 0 Å². The molecule has 0 N–H and O–H groups in total. The Labute approximate surface area is 270 Å². The molecule has 0 spiro atoms. The maximum atomic E-state index is 2.39. The van der Waals surface area contributed by atoms with Crippen LogP contribution < -0.4 is 75.4 Å². The summed E-state index contributed by atoms with van der Waals surface area (Å²) in [5, 5.41) is 0. The van der Waals surface area contributed by atoms with Gasteiger partial charge < -0.3 is 0 Å². The van der Waals surface area contributed by atoms with E-state index in [9.17, 15) is 0 Å². The Hall–Kier alpha value is -0.210.